The Labute approximate surface area is 266 Å². The molecule has 2 heterocycles. The van der Waals surface area contributed by atoms with Crippen LogP contribution in [0.25, 0.3) is 50.0 Å². The minimum Gasteiger partial charge on any atom is -0.308 e. The number of aromatic nitrogens is 2. The molecule has 0 amide bonds. The van der Waals surface area contributed by atoms with Gasteiger partial charge in [-0.1, -0.05) is 116 Å². The number of benzene rings is 5. The van der Waals surface area contributed by atoms with Crippen LogP contribution >= 0.6 is 8.07 Å². The fourth-order valence-electron chi connectivity index (χ4n) is 7.34. The van der Waals surface area contributed by atoms with E-state index in [-0.39, 0.29) is 0 Å². The molecule has 0 saturated carbocycles. The molecule has 220 valence electrons. The molecular weight excluding hydrogens is 563 g/mol. The fraction of sp³-hybridized carbons (Fsp3) is 0.143. The lowest BCUT2D eigenvalue weighted by atomic mass is 9.99. The largest absolute Gasteiger partial charge is 0.308 e. The normalized spacial score (nSPS) is 13.4. The van der Waals surface area contributed by atoms with E-state index >= 15 is 0 Å². The molecule has 1 aliphatic carbocycles. The Balaban J connectivity index is 1.66. The average molecular weight is 601 g/mol. The van der Waals surface area contributed by atoms with Gasteiger partial charge in [-0.15, -0.1) is 0 Å². The van der Waals surface area contributed by atoms with E-state index in [9.17, 15) is 0 Å². The lowest BCUT2D eigenvalue weighted by Gasteiger charge is -2.24. The van der Waals surface area contributed by atoms with Crippen molar-refractivity contribution < 1.29 is 0 Å². The zero-order valence-electron chi connectivity index (χ0n) is 26.4. The van der Waals surface area contributed by atoms with Gasteiger partial charge >= 0.3 is 0 Å². The van der Waals surface area contributed by atoms with Crippen LogP contribution in [0.4, 0.5) is 0 Å². The van der Waals surface area contributed by atoms with E-state index in [2.05, 4.69) is 164 Å². The van der Waals surface area contributed by atoms with E-state index in [4.69, 9.17) is 0 Å². The van der Waals surface area contributed by atoms with Gasteiger partial charge in [-0.3, -0.25) is 0 Å². The Hall–Kier alpha value is -4.65. The molecule has 7 aromatic rings. The second-order valence-corrected chi connectivity index (χ2v) is 14.4. The van der Waals surface area contributed by atoms with Crippen LogP contribution in [0.2, 0.25) is 0 Å². The van der Waals surface area contributed by atoms with Crippen molar-refractivity contribution in [2.45, 2.75) is 40.5 Å². The number of rotatable bonds is 5. The van der Waals surface area contributed by atoms with Crippen molar-refractivity contribution >= 4 is 63.0 Å². The SMILES string of the molecule is CCc1cc(C)cc2c1c1ccc3c4c(n(P(c5ccccc5)c5ccccc5)c3c1n2-c1ccccc1)C=C(C)CC=C4C. The maximum Gasteiger partial charge on any atom is 0.0788 e. The van der Waals surface area contributed by atoms with E-state index in [1.807, 2.05) is 0 Å². The van der Waals surface area contributed by atoms with Crippen LogP contribution in [0.15, 0.2) is 127 Å². The quantitative estimate of drug-likeness (QED) is 0.174. The van der Waals surface area contributed by atoms with Gasteiger partial charge in [0.05, 0.1) is 30.3 Å². The van der Waals surface area contributed by atoms with Crippen molar-refractivity contribution in [3.8, 4) is 5.69 Å². The minimum absolute atomic E-state index is 0.943. The van der Waals surface area contributed by atoms with Crippen molar-refractivity contribution in [3.05, 3.63) is 149 Å². The summed E-state index contributed by atoms with van der Waals surface area (Å²) < 4.78 is 5.28. The topological polar surface area (TPSA) is 9.86 Å². The number of fused-ring (bicyclic) bond motifs is 7. The molecule has 0 spiro atoms. The summed E-state index contributed by atoms with van der Waals surface area (Å²) in [5.74, 6) is 0. The molecular formula is C42H37N2P. The molecule has 1 aliphatic rings. The van der Waals surface area contributed by atoms with E-state index in [1.165, 1.54) is 82.5 Å². The maximum atomic E-state index is 2.73. The molecule has 8 rings (SSSR count). The Morgan fingerprint density at radius 1 is 0.689 bits per heavy atom. The highest BCUT2D eigenvalue weighted by Gasteiger charge is 2.30. The monoisotopic (exact) mass is 600 g/mol. The van der Waals surface area contributed by atoms with Crippen LogP contribution in [0.3, 0.4) is 0 Å². The second-order valence-electron chi connectivity index (χ2n) is 12.3. The highest BCUT2D eigenvalue weighted by atomic mass is 31.1. The molecule has 0 bridgehead atoms. The second kappa shape index (κ2) is 11.1. The minimum atomic E-state index is -0.943. The molecule has 5 aromatic carbocycles. The molecule has 2 aromatic heterocycles. The van der Waals surface area contributed by atoms with Crippen molar-refractivity contribution in [2.75, 3.05) is 0 Å². The first-order chi connectivity index (χ1) is 22.0. The maximum absolute atomic E-state index is 2.73. The van der Waals surface area contributed by atoms with E-state index in [0.717, 1.165) is 12.8 Å². The molecule has 0 N–H and O–H groups in total. The van der Waals surface area contributed by atoms with Crippen molar-refractivity contribution in [1.82, 2.24) is 8.90 Å². The summed E-state index contributed by atoms with van der Waals surface area (Å²) in [7, 11) is -0.943. The van der Waals surface area contributed by atoms with Crippen LogP contribution < -0.4 is 10.6 Å². The van der Waals surface area contributed by atoms with Crippen molar-refractivity contribution in [1.29, 1.82) is 0 Å². The summed E-state index contributed by atoms with van der Waals surface area (Å²) in [4.78, 5) is 0. The molecule has 0 unspecified atom stereocenters. The number of aryl methyl sites for hydroxylation is 2. The number of hydrogen-bond acceptors (Lipinski definition) is 0. The molecule has 2 nitrogen and oxygen atoms in total. The Morgan fingerprint density at radius 2 is 1.31 bits per heavy atom. The van der Waals surface area contributed by atoms with Gasteiger partial charge in [0.2, 0.25) is 0 Å². The van der Waals surface area contributed by atoms with Gasteiger partial charge in [0, 0.05) is 38.0 Å². The van der Waals surface area contributed by atoms with E-state index in [0.29, 0.717) is 0 Å². The van der Waals surface area contributed by atoms with Gasteiger partial charge in [0.25, 0.3) is 0 Å². The zero-order chi connectivity index (χ0) is 30.7. The summed E-state index contributed by atoms with van der Waals surface area (Å²) in [5, 5.41) is 6.71. The number of para-hydroxylation sites is 1. The molecule has 3 heteroatoms. The first-order valence-electron chi connectivity index (χ1n) is 16.0. The number of hydrogen-bond donors (Lipinski definition) is 0. The third kappa shape index (κ3) is 4.43. The Morgan fingerprint density at radius 3 is 1.96 bits per heavy atom. The Kier molecular flexibility index (Phi) is 6.85. The van der Waals surface area contributed by atoms with Gasteiger partial charge in [0.1, 0.15) is 0 Å². The summed E-state index contributed by atoms with van der Waals surface area (Å²) in [6.07, 6.45) is 6.85. The lowest BCUT2D eigenvalue weighted by Crippen LogP contribution is -2.18. The zero-order valence-corrected chi connectivity index (χ0v) is 27.3. The van der Waals surface area contributed by atoms with Gasteiger partial charge in [-0.25, -0.2) is 0 Å². The van der Waals surface area contributed by atoms with Crippen LogP contribution in [-0.4, -0.2) is 8.90 Å². The summed E-state index contributed by atoms with van der Waals surface area (Å²) in [5.41, 5.74) is 13.2. The van der Waals surface area contributed by atoms with Crippen molar-refractivity contribution in [2.24, 2.45) is 0 Å². The molecule has 0 aliphatic heterocycles. The van der Waals surface area contributed by atoms with Gasteiger partial charge in [-0.2, -0.15) is 0 Å². The first kappa shape index (κ1) is 27.9. The molecule has 0 fully saturated rings. The predicted molar refractivity (Wildman–Crippen MR) is 197 cm³/mol. The summed E-state index contributed by atoms with van der Waals surface area (Å²) in [6.45, 7) is 9.10. The highest BCUT2D eigenvalue weighted by Crippen LogP contribution is 2.50. The lowest BCUT2D eigenvalue weighted by molar-refractivity contribution is 1.14. The molecule has 0 atom stereocenters. The van der Waals surface area contributed by atoms with Gasteiger partial charge < -0.3 is 8.90 Å². The van der Waals surface area contributed by atoms with Crippen LogP contribution in [0.1, 0.15) is 49.6 Å². The smallest absolute Gasteiger partial charge is 0.0788 e. The van der Waals surface area contributed by atoms with Crippen molar-refractivity contribution in [3.63, 3.8) is 0 Å². The van der Waals surface area contributed by atoms with Gasteiger partial charge in [-0.05, 0) is 74.6 Å². The molecule has 0 radical (unpaired) electrons. The average Bonchev–Trinajstić information content (AvgIpc) is 3.51. The molecule has 45 heavy (non-hydrogen) atoms. The number of nitrogens with zero attached hydrogens (tertiary/aromatic N) is 2. The van der Waals surface area contributed by atoms with E-state index < -0.39 is 8.07 Å². The van der Waals surface area contributed by atoms with Crippen LogP contribution in [-0.2, 0) is 6.42 Å². The van der Waals surface area contributed by atoms with Crippen LogP contribution in [0, 0.1) is 6.92 Å². The summed E-state index contributed by atoms with van der Waals surface area (Å²) >= 11 is 0. The standard InChI is InChI=1S/C42H37N2P/c1-5-31-25-29(3)27-37-40(31)36-24-23-35-39-30(4)22-21-28(2)26-38(39)44(42(35)41(36)43(37)32-15-9-6-10-16-32)45(33-17-11-7-12-18-33)34-19-13-8-14-20-34/h6-20,22-27H,5,21H2,1-4H3. The van der Waals surface area contributed by atoms with Gasteiger partial charge in [0.15, 0.2) is 0 Å². The third-order valence-electron chi connectivity index (χ3n) is 9.30. The number of allylic oxidation sites excluding steroid dienone is 3. The fourth-order valence-corrected chi connectivity index (χ4v) is 9.79. The third-order valence-corrected chi connectivity index (χ3v) is 11.7. The molecule has 0 saturated heterocycles. The first-order valence-corrected chi connectivity index (χ1v) is 17.3. The summed E-state index contributed by atoms with van der Waals surface area (Å²) in [6, 6.07) is 42.9. The highest BCUT2D eigenvalue weighted by molar-refractivity contribution is 7.71. The van der Waals surface area contributed by atoms with Crippen LogP contribution in [0.5, 0.6) is 0 Å². The Bertz CT molecular complexity index is 2240. The van der Waals surface area contributed by atoms with E-state index in [1.54, 1.807) is 0 Å². The predicted octanol–water partition coefficient (Wildman–Crippen LogP) is 10.7.